The lowest BCUT2D eigenvalue weighted by Crippen LogP contribution is -2.37. The fourth-order valence-electron chi connectivity index (χ4n) is 3.13. The molecule has 3 rings (SSSR count). The third-order valence-electron chi connectivity index (χ3n) is 4.36. The van der Waals surface area contributed by atoms with Gasteiger partial charge < -0.3 is 14.7 Å². The number of rotatable bonds is 5. The number of carboxylic acid groups (broad SMARTS) is 1. The number of likely N-dealkylation sites (tertiary alicyclic amines) is 1. The Bertz CT molecular complexity index is 789. The topological polar surface area (TPSA) is 79.7 Å². The predicted octanol–water partition coefficient (Wildman–Crippen LogP) is 2.82. The van der Waals surface area contributed by atoms with E-state index in [1.807, 2.05) is 30.5 Å². The zero-order valence-electron chi connectivity index (χ0n) is 14.1. The SMILES string of the molecule is COC1CC(CC(=O)O)N(C(=O)c2cccc(-c3nc(C)cs3)c2)C1. The third-order valence-corrected chi connectivity index (χ3v) is 5.37. The van der Waals surface area contributed by atoms with Gasteiger partial charge in [0.25, 0.3) is 5.91 Å². The lowest BCUT2D eigenvalue weighted by atomic mass is 10.1. The maximum absolute atomic E-state index is 12.9. The first-order chi connectivity index (χ1) is 12.0. The summed E-state index contributed by atoms with van der Waals surface area (Å²) in [4.78, 5) is 30.1. The van der Waals surface area contributed by atoms with Gasteiger partial charge in [-0.05, 0) is 25.5 Å². The number of thiazole rings is 1. The molecule has 2 aromatic rings. The molecular weight excluding hydrogens is 340 g/mol. The van der Waals surface area contributed by atoms with Gasteiger partial charge in [0.2, 0.25) is 0 Å². The van der Waals surface area contributed by atoms with Crippen molar-refractivity contribution in [2.24, 2.45) is 0 Å². The van der Waals surface area contributed by atoms with Crippen LogP contribution in [0.3, 0.4) is 0 Å². The van der Waals surface area contributed by atoms with Crippen LogP contribution in [-0.2, 0) is 9.53 Å². The summed E-state index contributed by atoms with van der Waals surface area (Å²) in [7, 11) is 1.59. The second-order valence-corrected chi connectivity index (χ2v) is 7.04. The van der Waals surface area contributed by atoms with E-state index in [2.05, 4.69) is 4.98 Å². The van der Waals surface area contributed by atoms with Crippen molar-refractivity contribution in [1.29, 1.82) is 0 Å². The average molecular weight is 360 g/mol. The Balaban J connectivity index is 1.85. The molecular formula is C18H20N2O4S. The normalized spacial score (nSPS) is 20.0. The van der Waals surface area contributed by atoms with Gasteiger partial charge in [-0.15, -0.1) is 11.3 Å². The lowest BCUT2D eigenvalue weighted by Gasteiger charge is -2.23. The first-order valence-electron chi connectivity index (χ1n) is 8.06. The molecule has 0 bridgehead atoms. The van der Waals surface area contributed by atoms with Gasteiger partial charge >= 0.3 is 5.97 Å². The van der Waals surface area contributed by atoms with Crippen LogP contribution in [-0.4, -0.2) is 52.7 Å². The number of hydrogen-bond donors (Lipinski definition) is 1. The van der Waals surface area contributed by atoms with E-state index in [9.17, 15) is 9.59 Å². The maximum atomic E-state index is 12.9. The molecule has 2 atom stereocenters. The van der Waals surface area contributed by atoms with Crippen molar-refractivity contribution in [2.75, 3.05) is 13.7 Å². The van der Waals surface area contributed by atoms with Crippen LogP contribution in [0.15, 0.2) is 29.6 Å². The summed E-state index contributed by atoms with van der Waals surface area (Å²) in [5, 5.41) is 11.9. The number of carboxylic acids is 1. The Labute approximate surface area is 150 Å². The number of carbonyl (C=O) groups is 2. The number of aryl methyl sites for hydroxylation is 1. The molecule has 2 unspecified atom stereocenters. The highest BCUT2D eigenvalue weighted by Crippen LogP contribution is 2.28. The minimum atomic E-state index is -0.911. The second kappa shape index (κ2) is 7.33. The van der Waals surface area contributed by atoms with Crippen LogP contribution in [0.2, 0.25) is 0 Å². The van der Waals surface area contributed by atoms with Crippen LogP contribution in [0, 0.1) is 6.92 Å². The number of carbonyl (C=O) groups excluding carboxylic acids is 1. The highest BCUT2D eigenvalue weighted by atomic mass is 32.1. The van der Waals surface area contributed by atoms with Gasteiger partial charge in [-0.1, -0.05) is 12.1 Å². The molecule has 1 aliphatic heterocycles. The zero-order chi connectivity index (χ0) is 18.0. The van der Waals surface area contributed by atoms with Gasteiger partial charge in [0.1, 0.15) is 5.01 Å². The van der Waals surface area contributed by atoms with Gasteiger partial charge in [-0.2, -0.15) is 0 Å². The number of aromatic nitrogens is 1. The highest BCUT2D eigenvalue weighted by molar-refractivity contribution is 7.13. The van der Waals surface area contributed by atoms with Crippen molar-refractivity contribution < 1.29 is 19.4 Å². The number of nitrogens with zero attached hydrogens (tertiary/aromatic N) is 2. The van der Waals surface area contributed by atoms with Crippen LogP contribution in [0.25, 0.3) is 10.6 Å². The highest BCUT2D eigenvalue weighted by Gasteiger charge is 2.36. The van der Waals surface area contributed by atoms with Crippen LogP contribution < -0.4 is 0 Å². The van der Waals surface area contributed by atoms with Crippen LogP contribution in [0.1, 0.15) is 28.9 Å². The van der Waals surface area contributed by atoms with Crippen molar-refractivity contribution in [2.45, 2.75) is 31.9 Å². The first-order valence-corrected chi connectivity index (χ1v) is 8.94. The van der Waals surface area contributed by atoms with Gasteiger partial charge in [0, 0.05) is 41.9 Å². The lowest BCUT2D eigenvalue weighted by molar-refractivity contribution is -0.137. The molecule has 6 nitrogen and oxygen atoms in total. The molecule has 25 heavy (non-hydrogen) atoms. The summed E-state index contributed by atoms with van der Waals surface area (Å²) < 4.78 is 5.34. The fraction of sp³-hybridized carbons (Fsp3) is 0.389. The Morgan fingerprint density at radius 1 is 1.44 bits per heavy atom. The molecule has 1 amide bonds. The summed E-state index contributed by atoms with van der Waals surface area (Å²) in [5.41, 5.74) is 2.37. The fourth-order valence-corrected chi connectivity index (χ4v) is 3.92. The van der Waals surface area contributed by atoms with Crippen molar-refractivity contribution >= 4 is 23.2 Å². The number of hydrogen-bond acceptors (Lipinski definition) is 5. The maximum Gasteiger partial charge on any atom is 0.305 e. The summed E-state index contributed by atoms with van der Waals surface area (Å²) >= 11 is 1.53. The number of methoxy groups -OCH3 is 1. The summed E-state index contributed by atoms with van der Waals surface area (Å²) in [6.07, 6.45) is 0.342. The van der Waals surface area contributed by atoms with Gasteiger partial charge in [0.15, 0.2) is 0 Å². The van der Waals surface area contributed by atoms with Gasteiger partial charge in [-0.3, -0.25) is 9.59 Å². The van der Waals surface area contributed by atoms with Crippen molar-refractivity contribution in [3.05, 3.63) is 40.9 Å². The van der Waals surface area contributed by atoms with E-state index in [1.165, 1.54) is 11.3 Å². The molecule has 7 heteroatoms. The summed E-state index contributed by atoms with van der Waals surface area (Å²) in [6.45, 7) is 2.34. The molecule has 0 radical (unpaired) electrons. The number of benzene rings is 1. The number of amides is 1. The van der Waals surface area contributed by atoms with E-state index in [1.54, 1.807) is 18.1 Å². The molecule has 1 saturated heterocycles. The van der Waals surface area contributed by atoms with E-state index in [4.69, 9.17) is 9.84 Å². The molecule has 0 spiro atoms. The minimum absolute atomic E-state index is 0.0725. The van der Waals surface area contributed by atoms with Crippen LogP contribution in [0.5, 0.6) is 0 Å². The predicted molar refractivity (Wildman–Crippen MR) is 94.8 cm³/mol. The van der Waals surface area contributed by atoms with E-state index in [0.717, 1.165) is 16.3 Å². The van der Waals surface area contributed by atoms with Crippen molar-refractivity contribution in [3.8, 4) is 10.6 Å². The Hall–Kier alpha value is -2.25. The van der Waals surface area contributed by atoms with Crippen LogP contribution >= 0.6 is 11.3 Å². The molecule has 1 fully saturated rings. The van der Waals surface area contributed by atoms with E-state index in [0.29, 0.717) is 18.5 Å². The quantitative estimate of drug-likeness (QED) is 0.887. The molecule has 0 saturated carbocycles. The third kappa shape index (κ3) is 3.88. The van der Waals surface area contributed by atoms with Crippen molar-refractivity contribution in [3.63, 3.8) is 0 Å². The minimum Gasteiger partial charge on any atom is -0.481 e. The Morgan fingerprint density at radius 3 is 2.88 bits per heavy atom. The average Bonchev–Trinajstić information content (AvgIpc) is 3.20. The molecule has 2 heterocycles. The summed E-state index contributed by atoms with van der Waals surface area (Å²) in [6, 6.07) is 6.98. The Kier molecular flexibility index (Phi) is 5.15. The smallest absolute Gasteiger partial charge is 0.305 e. The molecule has 1 aromatic heterocycles. The van der Waals surface area contributed by atoms with Gasteiger partial charge in [0.05, 0.1) is 12.5 Å². The number of ether oxygens (including phenoxy) is 1. The van der Waals surface area contributed by atoms with Gasteiger partial charge in [-0.25, -0.2) is 4.98 Å². The largest absolute Gasteiger partial charge is 0.481 e. The first kappa shape index (κ1) is 17.6. The van der Waals surface area contributed by atoms with E-state index >= 15 is 0 Å². The van der Waals surface area contributed by atoms with E-state index in [-0.39, 0.29) is 24.5 Å². The molecule has 1 aliphatic rings. The van der Waals surface area contributed by atoms with Crippen molar-refractivity contribution in [1.82, 2.24) is 9.88 Å². The van der Waals surface area contributed by atoms with Crippen LogP contribution in [0.4, 0.5) is 0 Å². The molecule has 1 aromatic carbocycles. The second-order valence-electron chi connectivity index (χ2n) is 6.18. The molecule has 0 aliphatic carbocycles. The monoisotopic (exact) mass is 360 g/mol. The number of aliphatic carboxylic acids is 1. The molecule has 1 N–H and O–H groups in total. The zero-order valence-corrected chi connectivity index (χ0v) is 15.0. The standard InChI is InChI=1S/C18H20N2O4S/c1-11-10-25-17(19-11)12-4-3-5-13(6-12)18(23)20-9-15(24-2)7-14(20)8-16(21)22/h3-6,10,14-15H,7-9H2,1-2H3,(H,21,22). The van der Waals surface area contributed by atoms with E-state index < -0.39 is 5.97 Å². The molecule has 132 valence electrons. The summed E-state index contributed by atoms with van der Waals surface area (Å²) in [5.74, 6) is -1.08. The Morgan fingerprint density at radius 2 is 2.24 bits per heavy atom.